The van der Waals surface area contributed by atoms with Gasteiger partial charge in [0.25, 0.3) is 5.56 Å². The Balaban J connectivity index is 2.16. The molecule has 0 spiro atoms. The predicted octanol–water partition coefficient (Wildman–Crippen LogP) is 1.63. The number of H-pyrrole nitrogens is 2. The van der Waals surface area contributed by atoms with Gasteiger partial charge in [-0.2, -0.15) is 0 Å². The normalized spacial score (nSPS) is 25.2. The van der Waals surface area contributed by atoms with Crippen molar-refractivity contribution in [1.29, 1.82) is 0 Å². The molecule has 0 aliphatic heterocycles. The number of rotatable bonds is 4. The van der Waals surface area contributed by atoms with Crippen LogP contribution in [0.1, 0.15) is 29.7 Å². The Bertz CT molecular complexity index is 851. The highest BCUT2D eigenvalue weighted by molar-refractivity contribution is 5.77. The number of benzene rings is 1. The number of aromatic amines is 2. The van der Waals surface area contributed by atoms with E-state index in [2.05, 4.69) is 16.8 Å². The molecule has 132 valence electrons. The molecular weight excluding hydrogens is 327 g/mol. The number of aliphatic hydroxyl groups is 1. The summed E-state index contributed by atoms with van der Waals surface area (Å²) in [6.07, 6.45) is 1.52. The number of carbonyl (C=O) groups is 1. The summed E-state index contributed by atoms with van der Waals surface area (Å²) in [6, 6.07) is 5.52. The summed E-state index contributed by atoms with van der Waals surface area (Å²) in [4.78, 5) is 24.9. The lowest BCUT2D eigenvalue weighted by Crippen LogP contribution is -2.50. The number of carbonyl (C=O) groups excluding carboxylic acids is 1. The van der Waals surface area contributed by atoms with Crippen LogP contribution in [0.3, 0.4) is 0 Å². The topological polar surface area (TPSA) is 95.2 Å². The van der Waals surface area contributed by atoms with Crippen molar-refractivity contribution >= 4 is 5.97 Å². The van der Waals surface area contributed by atoms with Crippen LogP contribution in [0.25, 0.3) is 0 Å². The maximum absolute atomic E-state index is 13.3. The average Bonchev–Trinajstić information content (AvgIpc) is 2.91. The van der Waals surface area contributed by atoms with Crippen LogP contribution in [0.5, 0.6) is 0 Å². The van der Waals surface area contributed by atoms with Crippen LogP contribution in [-0.4, -0.2) is 33.5 Å². The number of aromatic nitrogens is 2. The van der Waals surface area contributed by atoms with Crippen molar-refractivity contribution in [2.24, 2.45) is 5.92 Å². The van der Waals surface area contributed by atoms with E-state index in [4.69, 9.17) is 4.74 Å². The molecule has 0 saturated heterocycles. The summed E-state index contributed by atoms with van der Waals surface area (Å²) in [6.45, 7) is 5.02. The van der Waals surface area contributed by atoms with Gasteiger partial charge < -0.3 is 14.9 Å². The summed E-state index contributed by atoms with van der Waals surface area (Å²) >= 11 is 0. The Labute approximate surface area is 143 Å². The highest BCUT2D eigenvalue weighted by atomic mass is 19.1. The quantitative estimate of drug-likeness (QED) is 0.579. The molecule has 3 rings (SSSR count). The molecule has 1 heterocycles. The van der Waals surface area contributed by atoms with E-state index in [-0.39, 0.29) is 18.6 Å². The Morgan fingerprint density at radius 2 is 2.12 bits per heavy atom. The number of nitrogens with one attached hydrogen (secondary N) is 2. The zero-order valence-corrected chi connectivity index (χ0v) is 13.7. The standard InChI is InChI=1S/C18H19FN2O4/c1-3-8-25-17(23)15-13(10-4-6-11(19)7-5-10)14-12(9-18(15,2)24)20-21-16(14)22/h3-7,13,15,24H,1,8-9H2,2H3,(H2,20,21,22)/t13-,15+,18+/m0/s1. The van der Waals surface area contributed by atoms with E-state index in [9.17, 15) is 19.1 Å². The fraction of sp³-hybridized carbons (Fsp3) is 0.333. The maximum atomic E-state index is 13.3. The first-order chi connectivity index (χ1) is 11.8. The Morgan fingerprint density at radius 1 is 1.44 bits per heavy atom. The second-order valence-corrected chi connectivity index (χ2v) is 6.43. The zero-order valence-electron chi connectivity index (χ0n) is 13.7. The van der Waals surface area contributed by atoms with Crippen LogP contribution in [0.4, 0.5) is 4.39 Å². The number of ether oxygens (including phenoxy) is 1. The minimum Gasteiger partial charge on any atom is -0.461 e. The minimum absolute atomic E-state index is 0.00208. The van der Waals surface area contributed by atoms with Gasteiger partial charge in [-0.05, 0) is 24.6 Å². The van der Waals surface area contributed by atoms with Crippen LogP contribution >= 0.6 is 0 Å². The largest absolute Gasteiger partial charge is 0.461 e. The average molecular weight is 346 g/mol. The molecule has 1 aromatic carbocycles. The molecule has 1 aromatic heterocycles. The first-order valence-corrected chi connectivity index (χ1v) is 7.90. The number of hydrogen-bond acceptors (Lipinski definition) is 4. The van der Waals surface area contributed by atoms with Crippen molar-refractivity contribution in [2.45, 2.75) is 24.9 Å². The molecule has 0 fully saturated rings. The number of fused-ring (bicyclic) bond motifs is 1. The highest BCUT2D eigenvalue weighted by Crippen LogP contribution is 2.44. The van der Waals surface area contributed by atoms with E-state index in [1.54, 1.807) is 0 Å². The van der Waals surface area contributed by atoms with Gasteiger partial charge >= 0.3 is 5.97 Å². The predicted molar refractivity (Wildman–Crippen MR) is 88.6 cm³/mol. The van der Waals surface area contributed by atoms with Crippen LogP contribution in [0.2, 0.25) is 0 Å². The van der Waals surface area contributed by atoms with Gasteiger partial charge in [-0.1, -0.05) is 24.8 Å². The van der Waals surface area contributed by atoms with Gasteiger partial charge in [0.05, 0.1) is 11.5 Å². The molecule has 3 atom stereocenters. The van der Waals surface area contributed by atoms with Gasteiger partial charge in [0.15, 0.2) is 0 Å². The summed E-state index contributed by atoms with van der Waals surface area (Å²) in [5.74, 6) is -2.83. The third kappa shape index (κ3) is 3.02. The van der Waals surface area contributed by atoms with Crippen LogP contribution < -0.4 is 5.56 Å². The lowest BCUT2D eigenvalue weighted by molar-refractivity contribution is -0.158. The smallest absolute Gasteiger partial charge is 0.313 e. The zero-order chi connectivity index (χ0) is 18.2. The Hall–Kier alpha value is -2.67. The Kier molecular flexibility index (Phi) is 4.34. The van der Waals surface area contributed by atoms with Crippen molar-refractivity contribution in [3.8, 4) is 0 Å². The monoisotopic (exact) mass is 346 g/mol. The van der Waals surface area contributed by atoms with Gasteiger partial charge in [-0.25, -0.2) is 4.39 Å². The molecule has 1 aliphatic carbocycles. The second-order valence-electron chi connectivity index (χ2n) is 6.43. The van der Waals surface area contributed by atoms with E-state index in [1.807, 2.05) is 0 Å². The summed E-state index contributed by atoms with van der Waals surface area (Å²) in [7, 11) is 0. The number of esters is 1. The molecule has 3 N–H and O–H groups in total. The van der Waals surface area contributed by atoms with Gasteiger partial charge in [0.1, 0.15) is 12.4 Å². The molecule has 0 saturated carbocycles. The van der Waals surface area contributed by atoms with E-state index >= 15 is 0 Å². The maximum Gasteiger partial charge on any atom is 0.313 e. The lowest BCUT2D eigenvalue weighted by atomic mass is 9.66. The summed E-state index contributed by atoms with van der Waals surface area (Å²) in [5.41, 5.74) is -0.388. The van der Waals surface area contributed by atoms with Crippen molar-refractivity contribution < 1.29 is 19.0 Å². The van der Waals surface area contributed by atoms with Crippen molar-refractivity contribution in [1.82, 2.24) is 10.2 Å². The summed E-state index contributed by atoms with van der Waals surface area (Å²) < 4.78 is 18.5. The molecule has 6 nitrogen and oxygen atoms in total. The fourth-order valence-electron chi connectivity index (χ4n) is 3.52. The van der Waals surface area contributed by atoms with E-state index in [1.165, 1.54) is 37.3 Å². The molecule has 2 aromatic rings. The van der Waals surface area contributed by atoms with Crippen molar-refractivity contribution in [3.05, 3.63) is 69.9 Å². The molecule has 25 heavy (non-hydrogen) atoms. The minimum atomic E-state index is -1.45. The lowest BCUT2D eigenvalue weighted by Gasteiger charge is -2.40. The summed E-state index contributed by atoms with van der Waals surface area (Å²) in [5, 5.41) is 16.2. The number of hydrogen-bond donors (Lipinski definition) is 3. The molecule has 1 aliphatic rings. The van der Waals surface area contributed by atoms with E-state index in [0.717, 1.165) is 0 Å². The first kappa shape index (κ1) is 17.2. The van der Waals surface area contributed by atoms with E-state index in [0.29, 0.717) is 16.8 Å². The second kappa shape index (κ2) is 6.33. The highest BCUT2D eigenvalue weighted by Gasteiger charge is 2.51. The molecule has 7 heteroatoms. The Morgan fingerprint density at radius 3 is 2.76 bits per heavy atom. The third-order valence-electron chi connectivity index (χ3n) is 4.57. The van der Waals surface area contributed by atoms with Crippen molar-refractivity contribution in [3.63, 3.8) is 0 Å². The van der Waals surface area contributed by atoms with Crippen LogP contribution in [0.15, 0.2) is 41.7 Å². The fourth-order valence-corrected chi connectivity index (χ4v) is 3.52. The van der Waals surface area contributed by atoms with Gasteiger partial charge in [0.2, 0.25) is 0 Å². The SMILES string of the molecule is C=CCOC(=O)[C@H]1[C@@H](c2ccc(F)cc2)c2c([nH][nH]c2=O)C[C@@]1(C)O. The van der Waals surface area contributed by atoms with Crippen LogP contribution in [-0.2, 0) is 16.0 Å². The van der Waals surface area contributed by atoms with Gasteiger partial charge in [0, 0.05) is 23.6 Å². The molecule has 0 radical (unpaired) electrons. The van der Waals surface area contributed by atoms with Gasteiger partial charge in [-0.15, -0.1) is 0 Å². The molecular formula is C18H19FN2O4. The van der Waals surface area contributed by atoms with Crippen LogP contribution in [0, 0.1) is 11.7 Å². The van der Waals surface area contributed by atoms with Crippen molar-refractivity contribution in [2.75, 3.05) is 6.61 Å². The first-order valence-electron chi connectivity index (χ1n) is 7.90. The molecule has 0 bridgehead atoms. The molecule has 0 unspecified atom stereocenters. The third-order valence-corrected chi connectivity index (χ3v) is 4.57. The van der Waals surface area contributed by atoms with Gasteiger partial charge in [-0.3, -0.25) is 14.7 Å². The number of halogens is 1. The molecule has 0 amide bonds. The van der Waals surface area contributed by atoms with E-state index < -0.39 is 29.2 Å².